The third-order valence-electron chi connectivity index (χ3n) is 10.3. The van der Waals surface area contributed by atoms with Crippen LogP contribution in [0.15, 0.2) is 158 Å². The monoisotopic (exact) mass is 650 g/mol. The van der Waals surface area contributed by atoms with E-state index in [-0.39, 0.29) is 5.82 Å². The predicted molar refractivity (Wildman–Crippen MR) is 207 cm³/mol. The van der Waals surface area contributed by atoms with Gasteiger partial charge in [-0.2, -0.15) is 0 Å². The van der Waals surface area contributed by atoms with Crippen LogP contribution in [-0.2, 0) is 0 Å². The number of aryl methyl sites for hydroxylation is 1. The first kappa shape index (κ1) is 31.5. The minimum atomic E-state index is -0.222. The number of benzene rings is 7. The van der Waals surface area contributed by atoms with Gasteiger partial charge in [-0.15, -0.1) is 0 Å². The number of methoxy groups -OCH3 is 1. The van der Waals surface area contributed by atoms with Crippen LogP contribution in [0.5, 0.6) is 5.75 Å². The van der Waals surface area contributed by atoms with E-state index in [0.29, 0.717) is 11.5 Å². The van der Waals surface area contributed by atoms with Crippen molar-refractivity contribution in [2.75, 3.05) is 7.11 Å². The average Bonchev–Trinajstić information content (AvgIpc) is 3.15. The largest absolute Gasteiger partial charge is 0.495 e. The topological polar surface area (TPSA) is 9.23 Å². The molecule has 244 valence electrons. The summed E-state index contributed by atoms with van der Waals surface area (Å²) in [5, 5.41) is 0. The molecular weight excluding hydrogens is 612 g/mol. The van der Waals surface area contributed by atoms with Gasteiger partial charge in [-0.05, 0) is 111 Å². The summed E-state index contributed by atoms with van der Waals surface area (Å²) in [6.45, 7) is 2.08. The lowest BCUT2D eigenvalue weighted by molar-refractivity contribution is 0.418. The van der Waals surface area contributed by atoms with Crippen LogP contribution in [0, 0.1) is 12.7 Å². The minimum Gasteiger partial charge on any atom is -0.495 e. The molecule has 0 saturated heterocycles. The molecule has 0 aliphatic heterocycles. The van der Waals surface area contributed by atoms with Gasteiger partial charge >= 0.3 is 0 Å². The first-order valence-corrected chi connectivity index (χ1v) is 17.5. The SMILES string of the molecule is COc1c(-c2cccc(-c3ccccc3)c2)cccc1-c1cc(F)c(-c2cccc(-c3cccc(-c4ccccc4)c3)c2C2CCC2)cc1C. The maximum absolute atomic E-state index is 16.6. The van der Waals surface area contributed by atoms with Gasteiger partial charge in [0.1, 0.15) is 11.6 Å². The number of halogens is 1. The Bertz CT molecular complexity index is 2300. The summed E-state index contributed by atoms with van der Waals surface area (Å²) < 4.78 is 22.7. The summed E-state index contributed by atoms with van der Waals surface area (Å²) in [5.74, 6) is 0.924. The fraction of sp³-hybridized carbons (Fsp3) is 0.125. The highest BCUT2D eigenvalue weighted by Gasteiger charge is 2.27. The molecule has 1 saturated carbocycles. The summed E-state index contributed by atoms with van der Waals surface area (Å²) in [6, 6.07) is 54.4. The summed E-state index contributed by atoms with van der Waals surface area (Å²) in [4.78, 5) is 0. The van der Waals surface area contributed by atoms with Crippen LogP contribution in [-0.4, -0.2) is 7.11 Å². The molecule has 1 fully saturated rings. The van der Waals surface area contributed by atoms with E-state index in [4.69, 9.17) is 4.74 Å². The Hall–Kier alpha value is -5.73. The molecule has 8 rings (SSSR count). The van der Waals surface area contributed by atoms with E-state index in [1.54, 1.807) is 13.2 Å². The molecule has 0 amide bonds. The lowest BCUT2D eigenvalue weighted by Crippen LogP contribution is -2.12. The minimum absolute atomic E-state index is 0.222. The Morgan fingerprint density at radius 1 is 0.460 bits per heavy atom. The van der Waals surface area contributed by atoms with Gasteiger partial charge < -0.3 is 4.74 Å². The Labute approximate surface area is 294 Å². The van der Waals surface area contributed by atoms with Gasteiger partial charge in [0, 0.05) is 16.7 Å². The summed E-state index contributed by atoms with van der Waals surface area (Å²) >= 11 is 0. The molecule has 1 aliphatic rings. The van der Waals surface area contributed by atoms with Gasteiger partial charge in [0.15, 0.2) is 0 Å². The first-order valence-electron chi connectivity index (χ1n) is 17.5. The fourth-order valence-electron chi connectivity index (χ4n) is 7.56. The Morgan fingerprint density at radius 2 is 0.960 bits per heavy atom. The highest BCUT2D eigenvalue weighted by atomic mass is 19.1. The van der Waals surface area contributed by atoms with E-state index in [1.165, 1.54) is 34.2 Å². The fourth-order valence-corrected chi connectivity index (χ4v) is 7.56. The van der Waals surface area contributed by atoms with Crippen molar-refractivity contribution in [3.05, 3.63) is 175 Å². The van der Waals surface area contributed by atoms with Crippen molar-refractivity contribution >= 4 is 0 Å². The second-order valence-electron chi connectivity index (χ2n) is 13.3. The summed E-state index contributed by atoms with van der Waals surface area (Å²) in [5.41, 5.74) is 14.7. The standard InChI is InChI=1S/C48H39FO/c1-32-28-45(42-26-12-24-40(47(42)35-18-9-19-35)38-22-10-20-36(29-38)33-14-5-3-6-15-33)46(49)31-44(32)43-27-13-25-41(48(43)50-2)39-23-11-21-37(30-39)34-16-7-4-8-17-34/h3-8,10-17,20-31,35H,9,18-19H2,1-2H3. The Morgan fingerprint density at radius 3 is 1.54 bits per heavy atom. The molecule has 7 aromatic carbocycles. The molecule has 0 heterocycles. The molecule has 1 aliphatic carbocycles. The molecule has 2 heteroatoms. The molecule has 7 aromatic rings. The zero-order valence-corrected chi connectivity index (χ0v) is 28.5. The average molecular weight is 651 g/mol. The van der Waals surface area contributed by atoms with Crippen LogP contribution in [0.1, 0.15) is 36.3 Å². The molecule has 0 spiro atoms. The molecule has 50 heavy (non-hydrogen) atoms. The number of rotatable bonds is 8. The summed E-state index contributed by atoms with van der Waals surface area (Å²) in [7, 11) is 1.70. The first-order chi connectivity index (χ1) is 24.6. The van der Waals surface area contributed by atoms with Crippen molar-refractivity contribution in [1.82, 2.24) is 0 Å². The van der Waals surface area contributed by atoms with E-state index in [9.17, 15) is 0 Å². The maximum Gasteiger partial charge on any atom is 0.134 e. The van der Waals surface area contributed by atoms with E-state index >= 15 is 4.39 Å². The van der Waals surface area contributed by atoms with Gasteiger partial charge in [-0.25, -0.2) is 4.39 Å². The lowest BCUT2D eigenvalue weighted by atomic mass is 9.74. The van der Waals surface area contributed by atoms with Crippen LogP contribution < -0.4 is 4.74 Å². The molecule has 0 unspecified atom stereocenters. The highest BCUT2D eigenvalue weighted by molar-refractivity contribution is 5.88. The Kier molecular flexibility index (Phi) is 8.61. The van der Waals surface area contributed by atoms with Crippen molar-refractivity contribution in [3.8, 4) is 72.5 Å². The van der Waals surface area contributed by atoms with Gasteiger partial charge in [-0.1, -0.05) is 140 Å². The lowest BCUT2D eigenvalue weighted by Gasteiger charge is -2.31. The molecule has 0 aromatic heterocycles. The van der Waals surface area contributed by atoms with E-state index in [1.807, 2.05) is 30.3 Å². The predicted octanol–water partition coefficient (Wildman–Crippen LogP) is 13.4. The maximum atomic E-state index is 16.6. The van der Waals surface area contributed by atoms with Crippen molar-refractivity contribution < 1.29 is 9.13 Å². The smallest absolute Gasteiger partial charge is 0.134 e. The number of hydrogen-bond donors (Lipinski definition) is 0. The van der Waals surface area contributed by atoms with Crippen molar-refractivity contribution in [1.29, 1.82) is 0 Å². The van der Waals surface area contributed by atoms with Gasteiger partial charge in [-0.3, -0.25) is 0 Å². The van der Waals surface area contributed by atoms with Crippen molar-refractivity contribution in [2.45, 2.75) is 32.1 Å². The van der Waals surface area contributed by atoms with E-state index in [2.05, 4.69) is 128 Å². The third-order valence-corrected chi connectivity index (χ3v) is 10.3. The number of ether oxygens (including phenoxy) is 1. The van der Waals surface area contributed by atoms with Crippen LogP contribution in [0.25, 0.3) is 66.8 Å². The van der Waals surface area contributed by atoms with Crippen LogP contribution in [0.3, 0.4) is 0 Å². The number of para-hydroxylation sites is 1. The highest BCUT2D eigenvalue weighted by Crippen LogP contribution is 2.48. The van der Waals surface area contributed by atoms with E-state index < -0.39 is 0 Å². The molecular formula is C48H39FO. The number of hydrogen-bond acceptors (Lipinski definition) is 1. The van der Waals surface area contributed by atoms with Gasteiger partial charge in [0.25, 0.3) is 0 Å². The third kappa shape index (κ3) is 5.92. The quantitative estimate of drug-likeness (QED) is 0.159. The van der Waals surface area contributed by atoms with Crippen LogP contribution in [0.4, 0.5) is 4.39 Å². The second-order valence-corrected chi connectivity index (χ2v) is 13.3. The molecule has 0 N–H and O–H groups in total. The molecule has 1 nitrogen and oxygen atoms in total. The zero-order valence-electron chi connectivity index (χ0n) is 28.5. The molecule has 0 radical (unpaired) electrons. The Balaban J connectivity index is 1.21. The van der Waals surface area contributed by atoms with Crippen LogP contribution >= 0.6 is 0 Å². The molecule has 0 atom stereocenters. The second kappa shape index (κ2) is 13.6. The zero-order chi connectivity index (χ0) is 34.0. The van der Waals surface area contributed by atoms with Crippen LogP contribution in [0.2, 0.25) is 0 Å². The summed E-state index contributed by atoms with van der Waals surface area (Å²) in [6.07, 6.45) is 3.44. The normalized spacial score (nSPS) is 12.8. The van der Waals surface area contributed by atoms with Gasteiger partial charge in [0.2, 0.25) is 0 Å². The molecule has 0 bridgehead atoms. The van der Waals surface area contributed by atoms with Crippen molar-refractivity contribution in [2.24, 2.45) is 0 Å². The van der Waals surface area contributed by atoms with E-state index in [0.717, 1.165) is 63.1 Å². The van der Waals surface area contributed by atoms with Crippen molar-refractivity contribution in [3.63, 3.8) is 0 Å². The van der Waals surface area contributed by atoms with Gasteiger partial charge in [0.05, 0.1) is 7.11 Å².